The van der Waals surface area contributed by atoms with Crippen LogP contribution in [0.4, 0.5) is 11.4 Å². The Balaban J connectivity index is 2.18. The van der Waals surface area contributed by atoms with Crippen LogP contribution in [-0.2, 0) is 16.6 Å². The standard InChI is InChI=1S/C13H10ClNOS/c14-10-5-6-13-12(7-10)15-11-4-2-1-3-9(11)8-17(13)16/h1-7,15H,8H2/t17-/m1/s1. The number of hydrogen-bond donors (Lipinski definition) is 1. The predicted molar refractivity (Wildman–Crippen MR) is 71.3 cm³/mol. The molecule has 86 valence electrons. The zero-order valence-electron chi connectivity index (χ0n) is 8.94. The molecule has 1 N–H and O–H groups in total. The van der Waals surface area contributed by atoms with Gasteiger partial charge in [-0.2, -0.15) is 0 Å². The second kappa shape index (κ2) is 4.17. The van der Waals surface area contributed by atoms with Crippen LogP contribution in [0.5, 0.6) is 0 Å². The van der Waals surface area contributed by atoms with E-state index in [0.717, 1.165) is 21.8 Å². The van der Waals surface area contributed by atoms with Crippen molar-refractivity contribution in [2.75, 3.05) is 5.32 Å². The van der Waals surface area contributed by atoms with E-state index in [4.69, 9.17) is 11.6 Å². The molecule has 2 aromatic carbocycles. The van der Waals surface area contributed by atoms with Gasteiger partial charge in [0, 0.05) is 10.7 Å². The number of rotatable bonds is 0. The Morgan fingerprint density at radius 1 is 1.12 bits per heavy atom. The molecule has 3 rings (SSSR count). The molecule has 0 saturated heterocycles. The molecule has 17 heavy (non-hydrogen) atoms. The van der Waals surface area contributed by atoms with Crippen LogP contribution >= 0.6 is 11.6 Å². The van der Waals surface area contributed by atoms with Crippen LogP contribution in [0, 0.1) is 0 Å². The molecule has 0 saturated carbocycles. The molecule has 0 radical (unpaired) electrons. The second-order valence-electron chi connectivity index (χ2n) is 3.91. The van der Waals surface area contributed by atoms with Gasteiger partial charge in [0.1, 0.15) is 0 Å². The number of halogens is 1. The van der Waals surface area contributed by atoms with Crippen LogP contribution in [0.2, 0.25) is 5.02 Å². The van der Waals surface area contributed by atoms with Crippen molar-refractivity contribution in [3.05, 3.63) is 53.1 Å². The molecule has 1 aliphatic rings. The maximum atomic E-state index is 12.2. The molecule has 2 aromatic rings. The van der Waals surface area contributed by atoms with Gasteiger partial charge in [-0.3, -0.25) is 4.21 Å². The summed E-state index contributed by atoms with van der Waals surface area (Å²) in [6.07, 6.45) is 0. The molecule has 0 spiro atoms. The van der Waals surface area contributed by atoms with E-state index in [0.29, 0.717) is 10.8 Å². The first kappa shape index (κ1) is 10.8. The van der Waals surface area contributed by atoms with E-state index >= 15 is 0 Å². The van der Waals surface area contributed by atoms with Crippen molar-refractivity contribution in [1.29, 1.82) is 0 Å². The number of para-hydroxylation sites is 1. The van der Waals surface area contributed by atoms with E-state index in [9.17, 15) is 4.21 Å². The topological polar surface area (TPSA) is 29.1 Å². The van der Waals surface area contributed by atoms with Crippen molar-refractivity contribution in [2.24, 2.45) is 0 Å². The van der Waals surface area contributed by atoms with E-state index in [-0.39, 0.29) is 0 Å². The molecule has 2 nitrogen and oxygen atoms in total. The van der Waals surface area contributed by atoms with Gasteiger partial charge in [0.15, 0.2) is 0 Å². The monoisotopic (exact) mass is 263 g/mol. The van der Waals surface area contributed by atoms with E-state index in [2.05, 4.69) is 5.32 Å². The smallest absolute Gasteiger partial charge is 0.0627 e. The van der Waals surface area contributed by atoms with Crippen molar-refractivity contribution in [3.63, 3.8) is 0 Å². The summed E-state index contributed by atoms with van der Waals surface area (Å²) in [4.78, 5) is 0.811. The van der Waals surface area contributed by atoms with Gasteiger partial charge < -0.3 is 5.32 Å². The highest BCUT2D eigenvalue weighted by Gasteiger charge is 2.17. The quantitative estimate of drug-likeness (QED) is 0.785. The lowest BCUT2D eigenvalue weighted by atomic mass is 10.2. The minimum atomic E-state index is -1.02. The van der Waals surface area contributed by atoms with E-state index in [1.807, 2.05) is 36.4 Å². The summed E-state index contributed by atoms with van der Waals surface area (Å²) in [5.74, 6) is 0.539. The Bertz CT molecular complexity index is 612. The fraction of sp³-hybridized carbons (Fsp3) is 0.0769. The summed E-state index contributed by atoms with van der Waals surface area (Å²) in [5, 5.41) is 3.94. The number of anilines is 2. The van der Waals surface area contributed by atoms with E-state index in [1.165, 1.54) is 0 Å². The van der Waals surface area contributed by atoms with Gasteiger partial charge in [0.05, 0.1) is 27.1 Å². The van der Waals surface area contributed by atoms with Crippen molar-refractivity contribution < 1.29 is 4.21 Å². The summed E-state index contributed by atoms with van der Waals surface area (Å²) in [5.41, 5.74) is 2.90. The lowest BCUT2D eigenvalue weighted by Gasteiger charge is -2.08. The molecular weight excluding hydrogens is 254 g/mol. The van der Waals surface area contributed by atoms with Gasteiger partial charge in [-0.25, -0.2) is 0 Å². The average Bonchev–Trinajstić information content (AvgIpc) is 2.44. The molecule has 4 heteroatoms. The highest BCUT2D eigenvalue weighted by molar-refractivity contribution is 7.84. The van der Waals surface area contributed by atoms with Crippen LogP contribution in [-0.4, -0.2) is 4.21 Å². The zero-order chi connectivity index (χ0) is 11.8. The van der Waals surface area contributed by atoms with Crippen molar-refractivity contribution in [3.8, 4) is 0 Å². The van der Waals surface area contributed by atoms with Gasteiger partial charge in [-0.05, 0) is 29.8 Å². The third-order valence-corrected chi connectivity index (χ3v) is 4.42. The van der Waals surface area contributed by atoms with Gasteiger partial charge in [0.25, 0.3) is 0 Å². The Hall–Kier alpha value is -1.32. The van der Waals surface area contributed by atoms with Gasteiger partial charge in [-0.15, -0.1) is 0 Å². The number of nitrogens with one attached hydrogen (secondary N) is 1. The summed E-state index contributed by atoms with van der Waals surface area (Å²) >= 11 is 5.97. The summed E-state index contributed by atoms with van der Waals surface area (Å²) in [6, 6.07) is 13.3. The molecule has 0 unspecified atom stereocenters. The maximum absolute atomic E-state index is 12.2. The maximum Gasteiger partial charge on any atom is 0.0627 e. The SMILES string of the molecule is O=[S@@]1Cc2ccccc2Nc2cc(Cl)ccc21. The first-order valence-electron chi connectivity index (χ1n) is 5.27. The first-order chi connectivity index (χ1) is 8.24. The lowest BCUT2D eigenvalue weighted by molar-refractivity contribution is 0.683. The third kappa shape index (κ3) is 1.96. The van der Waals surface area contributed by atoms with Crippen LogP contribution in [0.15, 0.2) is 47.4 Å². The molecule has 0 amide bonds. The predicted octanol–water partition coefficient (Wildman–Crippen LogP) is 3.70. The highest BCUT2D eigenvalue weighted by atomic mass is 35.5. The number of benzene rings is 2. The molecule has 1 heterocycles. The first-order valence-corrected chi connectivity index (χ1v) is 6.96. The Morgan fingerprint density at radius 3 is 2.82 bits per heavy atom. The minimum Gasteiger partial charge on any atom is -0.354 e. The van der Waals surface area contributed by atoms with Crippen molar-refractivity contribution in [1.82, 2.24) is 0 Å². The van der Waals surface area contributed by atoms with Crippen LogP contribution in [0.1, 0.15) is 5.56 Å². The average molecular weight is 264 g/mol. The van der Waals surface area contributed by atoms with Gasteiger partial charge in [0.2, 0.25) is 0 Å². The number of fused-ring (bicyclic) bond motifs is 2. The summed E-state index contributed by atoms with van der Waals surface area (Å²) < 4.78 is 12.2. The third-order valence-electron chi connectivity index (χ3n) is 2.76. The molecule has 0 aromatic heterocycles. The Kier molecular flexibility index (Phi) is 2.65. The van der Waals surface area contributed by atoms with Gasteiger partial charge >= 0.3 is 0 Å². The number of hydrogen-bond acceptors (Lipinski definition) is 2. The molecule has 0 fully saturated rings. The minimum absolute atomic E-state index is 0.539. The second-order valence-corrected chi connectivity index (χ2v) is 5.77. The van der Waals surface area contributed by atoms with Crippen molar-refractivity contribution in [2.45, 2.75) is 10.6 Å². The van der Waals surface area contributed by atoms with Crippen LogP contribution < -0.4 is 5.32 Å². The van der Waals surface area contributed by atoms with Crippen LogP contribution in [0.25, 0.3) is 0 Å². The highest BCUT2D eigenvalue weighted by Crippen LogP contribution is 2.33. The Morgan fingerprint density at radius 2 is 1.94 bits per heavy atom. The molecule has 0 bridgehead atoms. The Labute approximate surface area is 107 Å². The molecule has 1 atom stereocenters. The lowest BCUT2D eigenvalue weighted by Crippen LogP contribution is -1.94. The zero-order valence-corrected chi connectivity index (χ0v) is 10.5. The molecular formula is C13H10ClNOS. The van der Waals surface area contributed by atoms with Crippen molar-refractivity contribution >= 4 is 33.8 Å². The fourth-order valence-corrected chi connectivity index (χ4v) is 3.37. The summed E-state index contributed by atoms with van der Waals surface area (Å²) in [7, 11) is -1.02. The van der Waals surface area contributed by atoms with E-state index < -0.39 is 10.8 Å². The molecule has 0 aliphatic carbocycles. The summed E-state index contributed by atoms with van der Waals surface area (Å²) in [6.45, 7) is 0. The van der Waals surface area contributed by atoms with Gasteiger partial charge in [-0.1, -0.05) is 29.8 Å². The van der Waals surface area contributed by atoms with Crippen LogP contribution in [0.3, 0.4) is 0 Å². The molecule has 1 aliphatic heterocycles. The van der Waals surface area contributed by atoms with E-state index in [1.54, 1.807) is 6.07 Å². The fourth-order valence-electron chi connectivity index (χ4n) is 1.93. The normalized spacial score (nSPS) is 17.6. The largest absolute Gasteiger partial charge is 0.354 e.